The van der Waals surface area contributed by atoms with Crippen LogP contribution >= 0.6 is 0 Å². The van der Waals surface area contributed by atoms with Crippen LogP contribution in [0.25, 0.3) is 11.1 Å². The van der Waals surface area contributed by atoms with Gasteiger partial charge in [0.2, 0.25) is 0 Å². The summed E-state index contributed by atoms with van der Waals surface area (Å²) >= 11 is 0. The van der Waals surface area contributed by atoms with Crippen molar-refractivity contribution in [2.75, 3.05) is 11.3 Å². The van der Waals surface area contributed by atoms with E-state index in [0.717, 1.165) is 31.5 Å². The summed E-state index contributed by atoms with van der Waals surface area (Å²) in [4.78, 5) is 20.2. The first-order valence-electron chi connectivity index (χ1n) is 15.1. The van der Waals surface area contributed by atoms with Crippen LogP contribution in [0, 0.1) is 13.8 Å². The summed E-state index contributed by atoms with van der Waals surface area (Å²) in [5, 5.41) is 3.79. The van der Waals surface area contributed by atoms with E-state index in [9.17, 15) is 26.4 Å². The van der Waals surface area contributed by atoms with Gasteiger partial charge in [-0.2, -0.15) is 13.2 Å². The molecule has 1 N–H and O–H groups in total. The van der Waals surface area contributed by atoms with Gasteiger partial charge in [-0.3, -0.25) is 19.4 Å². The Morgan fingerprint density at radius 2 is 1.82 bits per heavy atom. The number of sulfonamides is 1. The van der Waals surface area contributed by atoms with E-state index in [1.165, 1.54) is 6.07 Å². The molecule has 13 heteroatoms. The molecular weight excluding hydrogens is 609 g/mol. The first-order chi connectivity index (χ1) is 21.3. The number of amidine groups is 1. The molecule has 2 heterocycles. The number of halogens is 3. The number of carbonyl (C=O) groups is 1. The zero-order valence-electron chi connectivity index (χ0n) is 25.5. The molecule has 2 aromatic carbocycles. The number of hydrogen-bond acceptors (Lipinski definition) is 7. The number of aromatic nitrogens is 1. The lowest BCUT2D eigenvalue weighted by atomic mass is 9.96. The molecule has 1 saturated carbocycles. The molecule has 45 heavy (non-hydrogen) atoms. The molecule has 2 aliphatic rings. The molecule has 0 radical (unpaired) electrons. The van der Waals surface area contributed by atoms with Crippen LogP contribution in [0.3, 0.4) is 0 Å². The highest BCUT2D eigenvalue weighted by Gasteiger charge is 2.49. The normalized spacial score (nSPS) is 16.5. The molecule has 1 aliphatic carbocycles. The van der Waals surface area contributed by atoms with Crippen LogP contribution in [0.15, 0.2) is 56.9 Å². The third kappa shape index (κ3) is 7.09. The monoisotopic (exact) mass is 646 g/mol. The number of unbranched alkanes of at least 4 members (excludes halogenated alkanes) is 1. The molecule has 1 fully saturated rings. The lowest BCUT2D eigenvalue weighted by Crippen LogP contribution is -2.40. The second-order valence-corrected chi connectivity index (χ2v) is 13.3. The fourth-order valence-corrected chi connectivity index (χ4v) is 7.18. The number of nitrogens with zero attached hydrogens (tertiary/aromatic N) is 3. The summed E-state index contributed by atoms with van der Waals surface area (Å²) in [5.41, 5.74) is 1.48. The van der Waals surface area contributed by atoms with Crippen LogP contribution in [0.5, 0.6) is 0 Å². The highest BCUT2D eigenvalue weighted by Crippen LogP contribution is 2.40. The van der Waals surface area contributed by atoms with Crippen molar-refractivity contribution in [2.24, 2.45) is 4.99 Å². The van der Waals surface area contributed by atoms with E-state index >= 15 is 0 Å². The summed E-state index contributed by atoms with van der Waals surface area (Å²) in [6, 6.07) is 11.3. The van der Waals surface area contributed by atoms with Crippen molar-refractivity contribution in [2.45, 2.75) is 95.5 Å². The summed E-state index contributed by atoms with van der Waals surface area (Å²) < 4.78 is 78.9. The van der Waals surface area contributed by atoms with Gasteiger partial charge in [0, 0.05) is 17.5 Å². The topological polar surface area (TPSA) is 114 Å². The Kier molecular flexibility index (Phi) is 9.41. The van der Waals surface area contributed by atoms with E-state index in [1.807, 2.05) is 0 Å². The zero-order chi connectivity index (χ0) is 32.4. The van der Waals surface area contributed by atoms with Crippen LogP contribution in [0.2, 0.25) is 0 Å². The van der Waals surface area contributed by atoms with E-state index in [-0.39, 0.29) is 28.7 Å². The molecule has 0 atom stereocenters. The number of amides is 1. The Morgan fingerprint density at radius 3 is 2.49 bits per heavy atom. The first-order valence-corrected chi connectivity index (χ1v) is 16.5. The van der Waals surface area contributed by atoms with E-state index < -0.39 is 35.0 Å². The summed E-state index contributed by atoms with van der Waals surface area (Å²) in [7, 11) is -4.19. The van der Waals surface area contributed by atoms with Gasteiger partial charge in [0.25, 0.3) is 15.9 Å². The second kappa shape index (κ2) is 13.0. The SMILES string of the molecule is CCCCC1=NC2(CCCC2)C(=O)N1Cc1ccc(-c2ccccc2S(=O)(=O)Nc2noc(C)c2C)c(COCC(F)(F)F)c1. The third-order valence-corrected chi connectivity index (χ3v) is 9.77. The highest BCUT2D eigenvalue weighted by molar-refractivity contribution is 7.92. The number of aryl methyl sites for hydroxylation is 1. The molecule has 3 aromatic rings. The van der Waals surface area contributed by atoms with Gasteiger partial charge in [-0.05, 0) is 55.9 Å². The Labute approximate surface area is 260 Å². The van der Waals surface area contributed by atoms with Gasteiger partial charge in [0.05, 0.1) is 18.0 Å². The minimum absolute atomic E-state index is 0.0362. The molecule has 0 unspecified atom stereocenters. The molecule has 9 nitrogen and oxygen atoms in total. The van der Waals surface area contributed by atoms with Gasteiger partial charge in [-0.25, -0.2) is 8.42 Å². The molecule has 0 saturated heterocycles. The standard InChI is InChI=1S/C32H37F3N4O5S/c1-4-5-12-28-36-31(15-8-9-16-31)30(40)39(28)18-23-13-14-25(24(17-23)19-43-20-32(33,34)35)26-10-6-7-11-27(26)45(41,42)38-29-21(2)22(3)44-37-29/h6-7,10-11,13-14,17H,4-5,8-9,12,15-16,18-20H2,1-3H3,(H,37,38). The van der Waals surface area contributed by atoms with E-state index in [4.69, 9.17) is 14.3 Å². The number of aliphatic imine (C=N–C) groups is 1. The number of alkyl halides is 3. The maximum atomic E-state index is 13.7. The van der Waals surface area contributed by atoms with Crippen molar-refractivity contribution in [3.63, 3.8) is 0 Å². The number of anilines is 1. The van der Waals surface area contributed by atoms with Crippen LogP contribution in [0.1, 0.15) is 74.3 Å². The summed E-state index contributed by atoms with van der Waals surface area (Å²) in [6.07, 6.45) is 1.22. The molecule has 5 rings (SSSR count). The van der Waals surface area contributed by atoms with Crippen LogP contribution < -0.4 is 4.72 Å². The smallest absolute Gasteiger partial charge is 0.367 e. The number of rotatable bonds is 12. The van der Waals surface area contributed by atoms with Gasteiger partial charge in [0.15, 0.2) is 5.82 Å². The molecule has 0 bridgehead atoms. The maximum Gasteiger partial charge on any atom is 0.411 e. The molecule has 1 amide bonds. The number of hydrogen-bond donors (Lipinski definition) is 1. The van der Waals surface area contributed by atoms with Gasteiger partial charge < -0.3 is 9.26 Å². The molecule has 242 valence electrons. The van der Waals surface area contributed by atoms with Crippen molar-refractivity contribution >= 4 is 27.6 Å². The Bertz CT molecular complexity index is 1690. The van der Waals surface area contributed by atoms with Crippen molar-refractivity contribution in [3.05, 3.63) is 64.9 Å². The third-order valence-electron chi connectivity index (χ3n) is 8.37. The number of nitrogens with one attached hydrogen (secondary N) is 1. The average molecular weight is 647 g/mol. The van der Waals surface area contributed by atoms with Crippen molar-refractivity contribution in [1.29, 1.82) is 0 Å². The predicted octanol–water partition coefficient (Wildman–Crippen LogP) is 7.08. The van der Waals surface area contributed by atoms with Crippen molar-refractivity contribution in [1.82, 2.24) is 10.1 Å². The Hall–Kier alpha value is -3.71. The highest BCUT2D eigenvalue weighted by atomic mass is 32.2. The zero-order valence-corrected chi connectivity index (χ0v) is 26.4. The molecule has 1 aliphatic heterocycles. The quantitative estimate of drug-likeness (QED) is 0.225. The van der Waals surface area contributed by atoms with Crippen LogP contribution in [-0.4, -0.2) is 48.5 Å². The van der Waals surface area contributed by atoms with Gasteiger partial charge >= 0.3 is 6.18 Å². The maximum absolute atomic E-state index is 13.7. The molecule has 1 spiro atoms. The molecule has 1 aromatic heterocycles. The van der Waals surface area contributed by atoms with Gasteiger partial charge in [-0.1, -0.05) is 67.7 Å². The van der Waals surface area contributed by atoms with Crippen molar-refractivity contribution < 1.29 is 35.6 Å². The minimum Gasteiger partial charge on any atom is -0.367 e. The van der Waals surface area contributed by atoms with E-state index in [0.29, 0.717) is 47.3 Å². The van der Waals surface area contributed by atoms with Crippen molar-refractivity contribution in [3.8, 4) is 11.1 Å². The average Bonchev–Trinajstić information content (AvgIpc) is 3.66. The first kappa shape index (κ1) is 32.7. The summed E-state index contributed by atoms with van der Waals surface area (Å²) in [6.45, 7) is 3.69. The second-order valence-electron chi connectivity index (χ2n) is 11.7. The minimum atomic E-state index is -4.54. The van der Waals surface area contributed by atoms with E-state index in [1.54, 1.807) is 55.1 Å². The molecular formula is C32H37F3N4O5S. The largest absolute Gasteiger partial charge is 0.411 e. The van der Waals surface area contributed by atoms with Gasteiger partial charge in [0.1, 0.15) is 23.7 Å². The fourth-order valence-electron chi connectivity index (χ4n) is 5.90. The lowest BCUT2D eigenvalue weighted by Gasteiger charge is -2.23. The number of ether oxygens (including phenoxy) is 1. The summed E-state index contributed by atoms with van der Waals surface area (Å²) in [5.74, 6) is 1.20. The number of benzene rings is 2. The fraction of sp³-hybridized carbons (Fsp3) is 0.469. The van der Waals surface area contributed by atoms with E-state index in [2.05, 4.69) is 16.8 Å². The Balaban J connectivity index is 1.50. The predicted molar refractivity (Wildman–Crippen MR) is 163 cm³/mol. The van der Waals surface area contributed by atoms with Gasteiger partial charge in [-0.15, -0.1) is 0 Å². The van der Waals surface area contributed by atoms with Crippen LogP contribution in [0.4, 0.5) is 19.0 Å². The van der Waals surface area contributed by atoms with Crippen LogP contribution in [-0.2, 0) is 32.7 Å². The Morgan fingerprint density at radius 1 is 1.09 bits per heavy atom. The lowest BCUT2D eigenvalue weighted by molar-refractivity contribution is -0.176. The number of carbonyl (C=O) groups excluding carboxylic acids is 1.